The van der Waals surface area contributed by atoms with E-state index in [1.807, 2.05) is 30.3 Å². The monoisotopic (exact) mass is 316 g/mol. The zero-order valence-corrected chi connectivity index (χ0v) is 13.0. The minimum absolute atomic E-state index is 0.472. The van der Waals surface area contributed by atoms with Gasteiger partial charge >= 0.3 is 0 Å². The highest BCUT2D eigenvalue weighted by Gasteiger charge is 2.19. The van der Waals surface area contributed by atoms with Crippen LogP contribution in [0.1, 0.15) is 22.8 Å². The first-order valence-electron chi connectivity index (χ1n) is 6.70. The maximum atomic E-state index is 10.8. The summed E-state index contributed by atoms with van der Waals surface area (Å²) in [4.78, 5) is 0. The predicted octanol–water partition coefficient (Wildman–Crippen LogP) is 5.54. The van der Waals surface area contributed by atoms with E-state index in [-0.39, 0.29) is 0 Å². The lowest BCUT2D eigenvalue weighted by atomic mass is 9.93. The average molecular weight is 317 g/mol. The van der Waals surface area contributed by atoms with E-state index in [2.05, 4.69) is 13.0 Å². The molecule has 0 saturated carbocycles. The minimum Gasteiger partial charge on any atom is -0.384 e. The molecule has 0 aliphatic carbocycles. The number of aryl methyl sites for hydroxylation is 1. The van der Waals surface area contributed by atoms with Gasteiger partial charge in [-0.1, -0.05) is 65.7 Å². The van der Waals surface area contributed by atoms with E-state index >= 15 is 0 Å². The molecule has 3 aromatic rings. The minimum atomic E-state index is -0.850. The van der Waals surface area contributed by atoms with Crippen molar-refractivity contribution in [2.24, 2.45) is 0 Å². The molecule has 21 heavy (non-hydrogen) atoms. The Kier molecular flexibility index (Phi) is 3.90. The molecule has 0 radical (unpaired) electrons. The summed E-state index contributed by atoms with van der Waals surface area (Å²) < 4.78 is 0. The lowest BCUT2D eigenvalue weighted by molar-refractivity contribution is 0.222. The van der Waals surface area contributed by atoms with Gasteiger partial charge in [-0.2, -0.15) is 0 Å². The van der Waals surface area contributed by atoms with Crippen LogP contribution in [-0.2, 0) is 0 Å². The Morgan fingerprint density at radius 2 is 1.43 bits per heavy atom. The van der Waals surface area contributed by atoms with Gasteiger partial charge in [-0.15, -0.1) is 0 Å². The highest BCUT2D eigenvalue weighted by atomic mass is 35.5. The molecule has 1 nitrogen and oxygen atoms in total. The molecule has 0 aliphatic heterocycles. The Hall–Kier alpha value is -1.54. The van der Waals surface area contributed by atoms with Gasteiger partial charge in [0, 0.05) is 15.6 Å². The van der Waals surface area contributed by atoms with Crippen molar-refractivity contribution in [3.63, 3.8) is 0 Å². The van der Waals surface area contributed by atoms with Crippen molar-refractivity contribution >= 4 is 34.0 Å². The first kappa shape index (κ1) is 14.4. The summed E-state index contributed by atoms with van der Waals surface area (Å²) in [6.45, 7) is 2.06. The van der Waals surface area contributed by atoms with Gasteiger partial charge in [-0.05, 0) is 41.0 Å². The van der Waals surface area contributed by atoms with Gasteiger partial charge in [-0.3, -0.25) is 0 Å². The molecule has 1 atom stereocenters. The molecule has 1 N–H and O–H groups in total. The van der Waals surface area contributed by atoms with Crippen LogP contribution in [0.5, 0.6) is 0 Å². The van der Waals surface area contributed by atoms with Crippen molar-refractivity contribution < 1.29 is 5.11 Å². The quantitative estimate of drug-likeness (QED) is 0.658. The first-order chi connectivity index (χ1) is 10.1. The molecule has 0 saturated heterocycles. The maximum absolute atomic E-state index is 10.8. The van der Waals surface area contributed by atoms with Gasteiger partial charge < -0.3 is 5.11 Å². The third kappa shape index (κ3) is 2.53. The van der Waals surface area contributed by atoms with Gasteiger partial charge in [0.1, 0.15) is 6.10 Å². The summed E-state index contributed by atoms with van der Waals surface area (Å²) in [5.41, 5.74) is 2.54. The Bertz CT molecular complexity index is 791. The van der Waals surface area contributed by atoms with E-state index in [9.17, 15) is 5.11 Å². The van der Waals surface area contributed by atoms with Crippen molar-refractivity contribution in [3.05, 3.63) is 81.3 Å². The smallest absolute Gasteiger partial charge is 0.108 e. The largest absolute Gasteiger partial charge is 0.384 e. The fourth-order valence-corrected chi connectivity index (χ4v) is 3.24. The van der Waals surface area contributed by atoms with Crippen LogP contribution in [0.2, 0.25) is 10.0 Å². The van der Waals surface area contributed by atoms with E-state index in [1.165, 1.54) is 5.56 Å². The number of halogens is 2. The number of rotatable bonds is 2. The molecule has 106 valence electrons. The van der Waals surface area contributed by atoms with Crippen molar-refractivity contribution in [2.45, 2.75) is 13.0 Å². The van der Waals surface area contributed by atoms with Crippen molar-refractivity contribution in [1.82, 2.24) is 0 Å². The lowest BCUT2D eigenvalue weighted by Crippen LogP contribution is -2.03. The molecule has 0 heterocycles. The zero-order valence-electron chi connectivity index (χ0n) is 11.5. The van der Waals surface area contributed by atoms with Crippen LogP contribution in [0.15, 0.2) is 54.6 Å². The molecule has 0 amide bonds. The molecule has 1 unspecified atom stereocenters. The van der Waals surface area contributed by atoms with Crippen LogP contribution in [0.25, 0.3) is 10.8 Å². The number of hydrogen-bond acceptors (Lipinski definition) is 1. The Balaban J connectivity index is 2.23. The van der Waals surface area contributed by atoms with E-state index < -0.39 is 6.10 Å². The fourth-order valence-electron chi connectivity index (χ4n) is 2.64. The van der Waals surface area contributed by atoms with Gasteiger partial charge in [-0.25, -0.2) is 0 Å². The maximum Gasteiger partial charge on any atom is 0.108 e. The number of benzene rings is 3. The van der Waals surface area contributed by atoms with Gasteiger partial charge in [0.15, 0.2) is 0 Å². The van der Waals surface area contributed by atoms with Crippen molar-refractivity contribution in [1.29, 1.82) is 0 Å². The van der Waals surface area contributed by atoms with Crippen LogP contribution >= 0.6 is 23.2 Å². The van der Waals surface area contributed by atoms with E-state index in [0.29, 0.717) is 15.6 Å². The van der Waals surface area contributed by atoms with E-state index in [4.69, 9.17) is 23.2 Å². The summed E-state index contributed by atoms with van der Waals surface area (Å²) in [7, 11) is 0. The molecule has 0 aromatic heterocycles. The molecular formula is C18H14Cl2O. The zero-order chi connectivity index (χ0) is 15.0. The average Bonchev–Trinajstić information content (AvgIpc) is 2.47. The summed E-state index contributed by atoms with van der Waals surface area (Å²) in [5, 5.41) is 13.9. The van der Waals surface area contributed by atoms with E-state index in [1.54, 1.807) is 18.2 Å². The summed E-state index contributed by atoms with van der Waals surface area (Å²) in [6, 6.07) is 17.2. The second kappa shape index (κ2) is 5.69. The van der Waals surface area contributed by atoms with Gasteiger partial charge in [0.2, 0.25) is 0 Å². The molecular weight excluding hydrogens is 303 g/mol. The van der Waals surface area contributed by atoms with Crippen molar-refractivity contribution in [2.75, 3.05) is 0 Å². The van der Waals surface area contributed by atoms with Gasteiger partial charge in [0.25, 0.3) is 0 Å². The summed E-state index contributed by atoms with van der Waals surface area (Å²) in [6.07, 6.45) is -0.850. The van der Waals surface area contributed by atoms with Crippen LogP contribution in [-0.4, -0.2) is 5.11 Å². The topological polar surface area (TPSA) is 20.2 Å². The summed E-state index contributed by atoms with van der Waals surface area (Å²) in [5.74, 6) is 0. The second-order valence-electron chi connectivity index (χ2n) is 5.06. The van der Waals surface area contributed by atoms with Crippen LogP contribution in [0.3, 0.4) is 0 Å². The molecule has 0 fully saturated rings. The lowest BCUT2D eigenvalue weighted by Gasteiger charge is -2.17. The van der Waals surface area contributed by atoms with Crippen LogP contribution in [0, 0.1) is 6.92 Å². The molecule has 0 spiro atoms. The number of hydrogen-bond donors (Lipinski definition) is 1. The molecule has 3 heteroatoms. The van der Waals surface area contributed by atoms with E-state index in [0.717, 1.165) is 16.3 Å². The van der Waals surface area contributed by atoms with Gasteiger partial charge in [0.05, 0.1) is 0 Å². The summed E-state index contributed by atoms with van der Waals surface area (Å²) >= 11 is 12.4. The SMILES string of the molecule is Cc1ccc(C(O)c2c(Cl)cccc2Cl)c2ccccc12. The first-order valence-corrected chi connectivity index (χ1v) is 7.45. The fraction of sp³-hybridized carbons (Fsp3) is 0.111. The molecule has 3 aromatic carbocycles. The molecule has 3 rings (SSSR count). The van der Waals surface area contributed by atoms with Crippen LogP contribution in [0.4, 0.5) is 0 Å². The normalized spacial score (nSPS) is 12.6. The Morgan fingerprint density at radius 1 is 0.810 bits per heavy atom. The molecule has 0 aliphatic rings. The highest BCUT2D eigenvalue weighted by Crippen LogP contribution is 2.37. The third-order valence-electron chi connectivity index (χ3n) is 3.74. The number of aliphatic hydroxyl groups excluding tert-OH is 1. The standard InChI is InChI=1S/C18H14Cl2O/c1-11-9-10-14(13-6-3-2-5-12(11)13)18(21)17-15(19)7-4-8-16(17)20/h2-10,18,21H,1H3. The highest BCUT2D eigenvalue weighted by molar-refractivity contribution is 6.36. The molecule has 0 bridgehead atoms. The van der Waals surface area contributed by atoms with Crippen molar-refractivity contribution in [3.8, 4) is 0 Å². The third-order valence-corrected chi connectivity index (χ3v) is 4.40. The Labute approximate surface area is 133 Å². The predicted molar refractivity (Wildman–Crippen MR) is 89.2 cm³/mol. The second-order valence-corrected chi connectivity index (χ2v) is 5.87. The Morgan fingerprint density at radius 3 is 2.10 bits per heavy atom. The number of fused-ring (bicyclic) bond motifs is 1. The van der Waals surface area contributed by atoms with Crippen LogP contribution < -0.4 is 0 Å². The number of aliphatic hydroxyl groups is 1.